The summed E-state index contributed by atoms with van der Waals surface area (Å²) < 4.78 is 5.29. The standard InChI is InChI=1S/C15H14N4O2/c20-10-7-13(16-8-10)15-18-14(19-21-15)12-6-5-9-3-1-2-4-11(9)17-12/h1-6,10,13,16,20H,7-8H2/t10-,13-/m0/s1. The number of rotatable bonds is 2. The lowest BCUT2D eigenvalue weighted by Crippen LogP contribution is -2.15. The van der Waals surface area contributed by atoms with Gasteiger partial charge < -0.3 is 14.9 Å². The number of benzene rings is 1. The summed E-state index contributed by atoms with van der Waals surface area (Å²) in [7, 11) is 0. The molecular formula is C15H14N4O2. The normalized spacial score (nSPS) is 22.0. The van der Waals surface area contributed by atoms with Gasteiger partial charge in [-0.25, -0.2) is 4.98 Å². The molecule has 3 aromatic rings. The maximum atomic E-state index is 9.54. The maximum Gasteiger partial charge on any atom is 0.244 e. The van der Waals surface area contributed by atoms with E-state index in [0.29, 0.717) is 30.4 Å². The number of hydrogen-bond donors (Lipinski definition) is 2. The van der Waals surface area contributed by atoms with Gasteiger partial charge in [0.1, 0.15) is 5.69 Å². The summed E-state index contributed by atoms with van der Waals surface area (Å²) in [5, 5.41) is 17.8. The lowest BCUT2D eigenvalue weighted by molar-refractivity contribution is 0.191. The minimum Gasteiger partial charge on any atom is -0.392 e. The number of aromatic nitrogens is 3. The molecule has 21 heavy (non-hydrogen) atoms. The van der Waals surface area contributed by atoms with Gasteiger partial charge in [-0.15, -0.1) is 0 Å². The van der Waals surface area contributed by atoms with E-state index in [1.807, 2.05) is 36.4 Å². The van der Waals surface area contributed by atoms with Crippen LogP contribution < -0.4 is 5.32 Å². The maximum absolute atomic E-state index is 9.54. The summed E-state index contributed by atoms with van der Waals surface area (Å²) >= 11 is 0. The quantitative estimate of drug-likeness (QED) is 0.744. The molecule has 0 amide bonds. The van der Waals surface area contributed by atoms with Crippen molar-refractivity contribution < 1.29 is 9.63 Å². The van der Waals surface area contributed by atoms with Gasteiger partial charge in [-0.3, -0.25) is 0 Å². The molecule has 1 fully saturated rings. The number of nitrogens with zero attached hydrogens (tertiary/aromatic N) is 3. The molecule has 106 valence electrons. The number of β-amino-alcohol motifs (C(OH)–C–C–N with tert-alkyl or cyclic N) is 1. The number of pyridine rings is 1. The summed E-state index contributed by atoms with van der Waals surface area (Å²) in [6.45, 7) is 0.552. The lowest BCUT2D eigenvalue weighted by atomic mass is 10.2. The molecule has 2 aromatic heterocycles. The average molecular weight is 282 g/mol. The molecule has 0 saturated carbocycles. The van der Waals surface area contributed by atoms with E-state index in [2.05, 4.69) is 20.4 Å². The highest BCUT2D eigenvalue weighted by atomic mass is 16.5. The molecule has 0 unspecified atom stereocenters. The molecule has 6 heteroatoms. The van der Waals surface area contributed by atoms with E-state index in [1.165, 1.54) is 0 Å². The highest BCUT2D eigenvalue weighted by Gasteiger charge is 2.28. The fraction of sp³-hybridized carbons (Fsp3) is 0.267. The van der Waals surface area contributed by atoms with E-state index in [4.69, 9.17) is 4.52 Å². The van der Waals surface area contributed by atoms with Crippen molar-refractivity contribution >= 4 is 10.9 Å². The van der Waals surface area contributed by atoms with E-state index in [1.54, 1.807) is 0 Å². The van der Waals surface area contributed by atoms with Crippen LogP contribution in [0.2, 0.25) is 0 Å². The first kappa shape index (κ1) is 12.4. The average Bonchev–Trinajstić information content (AvgIpc) is 3.15. The van der Waals surface area contributed by atoms with Crippen LogP contribution in [0, 0.1) is 0 Å². The van der Waals surface area contributed by atoms with Gasteiger partial charge in [0.2, 0.25) is 11.7 Å². The largest absolute Gasteiger partial charge is 0.392 e. The van der Waals surface area contributed by atoms with Crippen molar-refractivity contribution in [2.75, 3.05) is 6.54 Å². The molecule has 2 atom stereocenters. The van der Waals surface area contributed by atoms with Gasteiger partial charge in [0.15, 0.2) is 0 Å². The van der Waals surface area contributed by atoms with Crippen LogP contribution in [0.25, 0.3) is 22.4 Å². The molecule has 2 N–H and O–H groups in total. The smallest absolute Gasteiger partial charge is 0.244 e. The molecule has 0 spiro atoms. The topological polar surface area (TPSA) is 84.1 Å². The van der Waals surface area contributed by atoms with Crippen LogP contribution in [-0.2, 0) is 0 Å². The molecule has 1 saturated heterocycles. The zero-order valence-corrected chi connectivity index (χ0v) is 11.2. The minimum atomic E-state index is -0.357. The molecule has 1 aromatic carbocycles. The van der Waals surface area contributed by atoms with Crippen molar-refractivity contribution in [3.63, 3.8) is 0 Å². The van der Waals surface area contributed by atoms with Crippen molar-refractivity contribution in [1.82, 2.24) is 20.4 Å². The zero-order valence-electron chi connectivity index (χ0n) is 11.2. The monoisotopic (exact) mass is 282 g/mol. The second kappa shape index (κ2) is 4.91. The summed E-state index contributed by atoms with van der Waals surface area (Å²) in [4.78, 5) is 8.94. The summed E-state index contributed by atoms with van der Waals surface area (Å²) in [5.74, 6) is 0.968. The van der Waals surface area contributed by atoms with Gasteiger partial charge in [0.05, 0.1) is 17.7 Å². The first-order valence-corrected chi connectivity index (χ1v) is 6.91. The predicted octanol–water partition coefficient (Wildman–Crippen LogP) is 1.68. The Kier molecular flexibility index (Phi) is 2.90. The first-order chi connectivity index (χ1) is 10.3. The Morgan fingerprint density at radius 3 is 2.90 bits per heavy atom. The number of nitrogens with one attached hydrogen (secondary N) is 1. The molecular weight excluding hydrogens is 268 g/mol. The van der Waals surface area contributed by atoms with Gasteiger partial charge in [-0.1, -0.05) is 29.4 Å². The fourth-order valence-corrected chi connectivity index (χ4v) is 2.58. The van der Waals surface area contributed by atoms with Gasteiger partial charge in [-0.2, -0.15) is 4.98 Å². The summed E-state index contributed by atoms with van der Waals surface area (Å²) in [6.07, 6.45) is 0.233. The molecule has 3 heterocycles. The number of fused-ring (bicyclic) bond motifs is 1. The van der Waals surface area contributed by atoms with Gasteiger partial charge in [0.25, 0.3) is 0 Å². The van der Waals surface area contributed by atoms with Gasteiger partial charge in [0, 0.05) is 11.9 Å². The highest BCUT2D eigenvalue weighted by Crippen LogP contribution is 2.24. The molecule has 4 rings (SSSR count). The van der Waals surface area contributed by atoms with Crippen molar-refractivity contribution in [2.24, 2.45) is 0 Å². The second-order valence-electron chi connectivity index (χ2n) is 5.20. The van der Waals surface area contributed by atoms with E-state index in [9.17, 15) is 5.11 Å². The molecule has 6 nitrogen and oxygen atoms in total. The Balaban J connectivity index is 1.67. The van der Waals surface area contributed by atoms with Crippen LogP contribution in [0.5, 0.6) is 0 Å². The van der Waals surface area contributed by atoms with Crippen molar-refractivity contribution in [2.45, 2.75) is 18.6 Å². The molecule has 0 radical (unpaired) electrons. The first-order valence-electron chi connectivity index (χ1n) is 6.91. The Morgan fingerprint density at radius 2 is 2.05 bits per heavy atom. The van der Waals surface area contributed by atoms with Crippen LogP contribution in [0.4, 0.5) is 0 Å². The zero-order chi connectivity index (χ0) is 14.2. The number of aliphatic hydroxyl groups is 1. The van der Waals surface area contributed by atoms with Crippen LogP contribution in [-0.4, -0.2) is 32.9 Å². The lowest BCUT2D eigenvalue weighted by Gasteiger charge is -2.01. The third kappa shape index (κ3) is 2.28. The van der Waals surface area contributed by atoms with E-state index in [0.717, 1.165) is 10.9 Å². The van der Waals surface area contributed by atoms with Crippen LogP contribution in [0.1, 0.15) is 18.4 Å². The van der Waals surface area contributed by atoms with Crippen LogP contribution in [0.3, 0.4) is 0 Å². The summed E-state index contributed by atoms with van der Waals surface area (Å²) in [6, 6.07) is 11.7. The number of hydrogen-bond acceptors (Lipinski definition) is 6. The molecule has 1 aliphatic heterocycles. The second-order valence-corrected chi connectivity index (χ2v) is 5.20. The Morgan fingerprint density at radius 1 is 1.14 bits per heavy atom. The van der Waals surface area contributed by atoms with E-state index in [-0.39, 0.29) is 12.1 Å². The summed E-state index contributed by atoms with van der Waals surface area (Å²) in [5.41, 5.74) is 1.58. The van der Waals surface area contributed by atoms with Crippen LogP contribution in [0.15, 0.2) is 40.9 Å². The van der Waals surface area contributed by atoms with Gasteiger partial charge in [-0.05, 0) is 18.6 Å². The van der Waals surface area contributed by atoms with E-state index >= 15 is 0 Å². The SMILES string of the molecule is O[C@@H]1CN[C@H](c2nc(-c3ccc4ccccc4n3)no2)C1. The van der Waals surface area contributed by atoms with Crippen molar-refractivity contribution in [3.8, 4) is 11.5 Å². The predicted molar refractivity (Wildman–Crippen MR) is 76.4 cm³/mol. The fourth-order valence-electron chi connectivity index (χ4n) is 2.58. The van der Waals surface area contributed by atoms with Crippen LogP contribution >= 0.6 is 0 Å². The third-order valence-electron chi connectivity index (χ3n) is 3.68. The van der Waals surface area contributed by atoms with Crippen molar-refractivity contribution in [3.05, 3.63) is 42.3 Å². The molecule has 1 aliphatic rings. The van der Waals surface area contributed by atoms with Gasteiger partial charge >= 0.3 is 0 Å². The highest BCUT2D eigenvalue weighted by molar-refractivity contribution is 5.80. The van der Waals surface area contributed by atoms with E-state index < -0.39 is 0 Å². The molecule has 0 aliphatic carbocycles. The Bertz CT molecular complexity index is 786. The Labute approximate surface area is 120 Å². The molecule has 0 bridgehead atoms. The number of aliphatic hydroxyl groups excluding tert-OH is 1. The number of para-hydroxylation sites is 1. The van der Waals surface area contributed by atoms with Crippen molar-refractivity contribution in [1.29, 1.82) is 0 Å². The third-order valence-corrected chi connectivity index (χ3v) is 3.68. The Hall–Kier alpha value is -2.31. The minimum absolute atomic E-state index is 0.0818.